The highest BCUT2D eigenvalue weighted by molar-refractivity contribution is 7.14. The largest absolute Gasteiger partial charge is 0.493 e. The first-order valence-electron chi connectivity index (χ1n) is 6.06. The number of nitrogens with zero attached hydrogens (tertiary/aromatic N) is 2. The van der Waals surface area contributed by atoms with Crippen molar-refractivity contribution in [2.45, 2.75) is 6.42 Å². The molecule has 2 N–H and O–H groups in total. The van der Waals surface area contributed by atoms with Gasteiger partial charge in [0.15, 0.2) is 11.5 Å². The molecule has 2 rings (SSSR count). The van der Waals surface area contributed by atoms with Crippen LogP contribution < -0.4 is 19.9 Å². The maximum Gasteiger partial charge on any atom is 0.203 e. The zero-order valence-corrected chi connectivity index (χ0v) is 12.5. The molecular formula is C13H17N3O3S. The van der Waals surface area contributed by atoms with Gasteiger partial charge in [0.1, 0.15) is 10.0 Å². The second-order valence-electron chi connectivity index (χ2n) is 3.95. The van der Waals surface area contributed by atoms with Crippen LogP contribution in [0, 0.1) is 0 Å². The molecule has 2 aromatic rings. The fraction of sp³-hybridized carbons (Fsp3) is 0.385. The number of aromatic nitrogens is 2. The molecule has 1 aromatic carbocycles. The molecule has 0 unspecified atom stereocenters. The first-order valence-corrected chi connectivity index (χ1v) is 6.88. The van der Waals surface area contributed by atoms with Crippen molar-refractivity contribution < 1.29 is 14.2 Å². The third-order valence-electron chi connectivity index (χ3n) is 2.74. The first kappa shape index (κ1) is 14.5. The van der Waals surface area contributed by atoms with E-state index in [4.69, 9.17) is 19.9 Å². The van der Waals surface area contributed by atoms with Crippen molar-refractivity contribution in [3.8, 4) is 27.8 Å². The van der Waals surface area contributed by atoms with Crippen LogP contribution in [0.2, 0.25) is 0 Å². The molecule has 0 spiro atoms. The van der Waals surface area contributed by atoms with Gasteiger partial charge >= 0.3 is 0 Å². The van der Waals surface area contributed by atoms with E-state index in [9.17, 15) is 0 Å². The van der Waals surface area contributed by atoms with Gasteiger partial charge in [0.25, 0.3) is 0 Å². The fourth-order valence-electron chi connectivity index (χ4n) is 1.80. The highest BCUT2D eigenvalue weighted by Crippen LogP contribution is 2.41. The molecule has 0 aliphatic carbocycles. The van der Waals surface area contributed by atoms with Crippen LogP contribution in [-0.2, 0) is 6.42 Å². The Balaban J connectivity index is 2.45. The van der Waals surface area contributed by atoms with Crippen molar-refractivity contribution in [2.24, 2.45) is 5.73 Å². The molecule has 0 fully saturated rings. The van der Waals surface area contributed by atoms with Gasteiger partial charge in [-0.1, -0.05) is 11.3 Å². The normalized spacial score (nSPS) is 10.4. The van der Waals surface area contributed by atoms with E-state index in [0.29, 0.717) is 23.8 Å². The maximum absolute atomic E-state index is 5.52. The van der Waals surface area contributed by atoms with Gasteiger partial charge in [0.05, 0.1) is 21.3 Å². The zero-order chi connectivity index (χ0) is 14.5. The summed E-state index contributed by atoms with van der Waals surface area (Å²) in [5.74, 6) is 1.75. The zero-order valence-electron chi connectivity index (χ0n) is 11.7. The van der Waals surface area contributed by atoms with Crippen LogP contribution in [-0.4, -0.2) is 38.1 Å². The van der Waals surface area contributed by atoms with Gasteiger partial charge in [0.2, 0.25) is 5.75 Å². The number of ether oxygens (including phenoxy) is 3. The van der Waals surface area contributed by atoms with Crippen molar-refractivity contribution in [3.63, 3.8) is 0 Å². The number of hydrogen-bond donors (Lipinski definition) is 1. The Hall–Kier alpha value is -1.86. The molecule has 0 atom stereocenters. The van der Waals surface area contributed by atoms with E-state index in [1.165, 1.54) is 11.3 Å². The van der Waals surface area contributed by atoms with Crippen LogP contribution in [0.25, 0.3) is 10.6 Å². The van der Waals surface area contributed by atoms with Crippen molar-refractivity contribution >= 4 is 11.3 Å². The number of rotatable bonds is 6. The monoisotopic (exact) mass is 295 g/mol. The second-order valence-corrected chi connectivity index (χ2v) is 5.02. The summed E-state index contributed by atoms with van der Waals surface area (Å²) in [7, 11) is 4.74. The Morgan fingerprint density at radius 2 is 1.70 bits per heavy atom. The molecule has 0 amide bonds. The van der Waals surface area contributed by atoms with E-state index in [2.05, 4.69) is 10.2 Å². The SMILES string of the molecule is COc1cc(-c2nnc(CCN)s2)cc(OC)c1OC. The van der Waals surface area contributed by atoms with Crippen molar-refractivity contribution in [1.82, 2.24) is 10.2 Å². The van der Waals surface area contributed by atoms with Gasteiger partial charge in [-0.3, -0.25) is 0 Å². The summed E-state index contributed by atoms with van der Waals surface area (Å²) in [5, 5.41) is 10.00. The van der Waals surface area contributed by atoms with E-state index in [1.54, 1.807) is 21.3 Å². The molecule has 6 nitrogen and oxygen atoms in total. The topological polar surface area (TPSA) is 79.5 Å². The second kappa shape index (κ2) is 6.53. The summed E-state index contributed by atoms with van der Waals surface area (Å²) < 4.78 is 15.9. The molecule has 0 radical (unpaired) electrons. The number of benzene rings is 1. The molecule has 1 aromatic heterocycles. The predicted molar refractivity (Wildman–Crippen MR) is 77.8 cm³/mol. The summed E-state index contributed by atoms with van der Waals surface area (Å²) in [6.45, 7) is 0.559. The Labute approximate surface area is 121 Å². The maximum atomic E-state index is 5.52. The molecule has 0 aliphatic rings. The van der Waals surface area contributed by atoms with Crippen LogP contribution in [0.1, 0.15) is 5.01 Å². The standard InChI is InChI=1S/C13H17N3O3S/c1-17-9-6-8(7-10(18-2)12(9)19-3)13-16-15-11(20-13)4-5-14/h6-7H,4-5,14H2,1-3H3. The van der Waals surface area contributed by atoms with Crippen molar-refractivity contribution in [1.29, 1.82) is 0 Å². The molecule has 108 valence electrons. The summed E-state index contributed by atoms with van der Waals surface area (Å²) in [6.07, 6.45) is 0.724. The van der Waals surface area contributed by atoms with Crippen LogP contribution in [0.15, 0.2) is 12.1 Å². The smallest absolute Gasteiger partial charge is 0.203 e. The van der Waals surface area contributed by atoms with E-state index in [-0.39, 0.29) is 0 Å². The quantitative estimate of drug-likeness (QED) is 0.874. The lowest BCUT2D eigenvalue weighted by Gasteiger charge is -2.13. The van der Waals surface area contributed by atoms with E-state index in [0.717, 1.165) is 22.0 Å². The molecule has 0 bridgehead atoms. The number of methoxy groups -OCH3 is 3. The summed E-state index contributed by atoms with van der Waals surface area (Å²) in [6, 6.07) is 3.71. The first-order chi connectivity index (χ1) is 9.73. The molecule has 0 saturated heterocycles. The predicted octanol–water partition coefficient (Wildman–Crippen LogP) is 1.73. The highest BCUT2D eigenvalue weighted by Gasteiger charge is 2.16. The lowest BCUT2D eigenvalue weighted by Crippen LogP contribution is -2.01. The van der Waals surface area contributed by atoms with Crippen LogP contribution in [0.5, 0.6) is 17.2 Å². The van der Waals surface area contributed by atoms with Crippen LogP contribution >= 0.6 is 11.3 Å². The van der Waals surface area contributed by atoms with E-state index in [1.807, 2.05) is 12.1 Å². The summed E-state index contributed by atoms with van der Waals surface area (Å²) in [5.41, 5.74) is 6.40. The minimum Gasteiger partial charge on any atom is -0.493 e. The van der Waals surface area contributed by atoms with Gasteiger partial charge in [0, 0.05) is 12.0 Å². The highest BCUT2D eigenvalue weighted by atomic mass is 32.1. The fourth-order valence-corrected chi connectivity index (χ4v) is 2.64. The molecular weight excluding hydrogens is 278 g/mol. The lowest BCUT2D eigenvalue weighted by molar-refractivity contribution is 0.324. The van der Waals surface area contributed by atoms with E-state index >= 15 is 0 Å². The van der Waals surface area contributed by atoms with Crippen molar-refractivity contribution in [3.05, 3.63) is 17.1 Å². The van der Waals surface area contributed by atoms with E-state index < -0.39 is 0 Å². The molecule has 20 heavy (non-hydrogen) atoms. The Bertz CT molecular complexity index is 561. The van der Waals surface area contributed by atoms with Gasteiger partial charge in [-0.2, -0.15) is 0 Å². The Morgan fingerprint density at radius 1 is 1.05 bits per heavy atom. The van der Waals surface area contributed by atoms with Gasteiger partial charge in [-0.05, 0) is 18.7 Å². The van der Waals surface area contributed by atoms with Crippen molar-refractivity contribution in [2.75, 3.05) is 27.9 Å². The summed E-state index contributed by atoms with van der Waals surface area (Å²) >= 11 is 1.51. The number of nitrogens with two attached hydrogens (primary N) is 1. The Morgan fingerprint density at radius 3 is 2.20 bits per heavy atom. The number of hydrogen-bond acceptors (Lipinski definition) is 7. The molecule has 1 heterocycles. The summed E-state index contributed by atoms with van der Waals surface area (Å²) in [4.78, 5) is 0. The Kier molecular flexibility index (Phi) is 4.75. The minimum absolute atomic E-state index is 0.559. The lowest BCUT2D eigenvalue weighted by atomic mass is 10.2. The third kappa shape index (κ3) is 2.83. The van der Waals surface area contributed by atoms with Crippen LogP contribution in [0.4, 0.5) is 0 Å². The average molecular weight is 295 g/mol. The van der Waals surface area contributed by atoms with Gasteiger partial charge < -0.3 is 19.9 Å². The third-order valence-corrected chi connectivity index (χ3v) is 3.77. The molecule has 7 heteroatoms. The van der Waals surface area contributed by atoms with Crippen LogP contribution in [0.3, 0.4) is 0 Å². The van der Waals surface area contributed by atoms with Gasteiger partial charge in [-0.15, -0.1) is 10.2 Å². The average Bonchev–Trinajstić information content (AvgIpc) is 2.94. The van der Waals surface area contributed by atoms with Gasteiger partial charge in [-0.25, -0.2) is 0 Å². The minimum atomic E-state index is 0.559. The molecule has 0 aliphatic heterocycles. The molecule has 0 saturated carbocycles.